The first-order chi connectivity index (χ1) is 8.63. The number of ether oxygens (including phenoxy) is 1. The van der Waals surface area contributed by atoms with Gasteiger partial charge in [0, 0.05) is 23.2 Å². The maximum atomic E-state index is 11.9. The van der Waals surface area contributed by atoms with Gasteiger partial charge in [0.2, 0.25) is 0 Å². The van der Waals surface area contributed by atoms with Crippen LogP contribution in [0.25, 0.3) is 0 Å². The van der Waals surface area contributed by atoms with Crippen LogP contribution in [-0.2, 0) is 10.1 Å². The van der Waals surface area contributed by atoms with Gasteiger partial charge in [-0.05, 0) is 24.6 Å². The molecule has 0 aromatic heterocycles. The fourth-order valence-electron chi connectivity index (χ4n) is 1.51. The maximum absolute atomic E-state index is 11.9. The molecular weight excluding hydrogens is 319 g/mol. The Hall–Kier alpha value is -0.870. The number of hydrogen-bond donors (Lipinski definition) is 0. The van der Waals surface area contributed by atoms with Crippen molar-refractivity contribution in [1.29, 1.82) is 0 Å². The van der Waals surface area contributed by atoms with E-state index in [0.717, 1.165) is 5.56 Å². The Morgan fingerprint density at radius 2 is 2.06 bits per heavy atom. The van der Waals surface area contributed by atoms with Gasteiger partial charge in [-0.25, -0.2) is 4.79 Å². The van der Waals surface area contributed by atoms with Gasteiger partial charge in [-0.1, -0.05) is 22.0 Å². The van der Waals surface area contributed by atoms with Crippen molar-refractivity contribution >= 4 is 39.3 Å². The summed E-state index contributed by atoms with van der Waals surface area (Å²) in [6, 6.07) is 5.12. The molecule has 0 unspecified atom stereocenters. The second-order valence-electron chi connectivity index (χ2n) is 3.60. The van der Waals surface area contributed by atoms with Crippen molar-refractivity contribution in [3.05, 3.63) is 34.9 Å². The molecule has 0 aliphatic heterocycles. The van der Waals surface area contributed by atoms with E-state index in [9.17, 15) is 9.59 Å². The normalized spacial score (nSPS) is 10.2. The molecule has 0 N–H and O–H groups in total. The number of rotatable bonds is 6. The molecule has 1 aromatic rings. The molecule has 0 spiro atoms. The second kappa shape index (κ2) is 7.54. The van der Waals surface area contributed by atoms with Crippen LogP contribution in [0, 0.1) is 0 Å². The van der Waals surface area contributed by atoms with Crippen molar-refractivity contribution in [1.82, 2.24) is 0 Å². The first-order valence-corrected chi connectivity index (χ1v) is 7.24. The Morgan fingerprint density at radius 1 is 1.33 bits per heavy atom. The molecule has 1 aromatic carbocycles. The number of carbonyl (C=O) groups is 2. The monoisotopic (exact) mass is 332 g/mol. The molecule has 1 rings (SSSR count). The zero-order valence-corrected chi connectivity index (χ0v) is 12.4. The highest BCUT2D eigenvalue weighted by molar-refractivity contribution is 9.08. The van der Waals surface area contributed by atoms with E-state index in [1.807, 2.05) is 0 Å². The summed E-state index contributed by atoms with van der Waals surface area (Å²) < 4.78 is 4.93. The fraction of sp³-hybridized carbons (Fsp3) is 0.385. The third kappa shape index (κ3) is 3.82. The molecule has 0 aliphatic rings. The van der Waals surface area contributed by atoms with Crippen LogP contribution in [0.4, 0.5) is 0 Å². The third-order valence-corrected chi connectivity index (χ3v) is 3.19. The molecule has 0 atom stereocenters. The van der Waals surface area contributed by atoms with Gasteiger partial charge in [-0.3, -0.25) is 4.79 Å². The molecule has 0 heterocycles. The lowest BCUT2D eigenvalue weighted by Crippen LogP contribution is -2.12. The molecule has 0 bridgehead atoms. The number of hydrogen-bond acceptors (Lipinski definition) is 3. The number of halogens is 2. The van der Waals surface area contributed by atoms with E-state index in [1.54, 1.807) is 25.1 Å². The molecule has 0 saturated heterocycles. The van der Waals surface area contributed by atoms with E-state index in [4.69, 9.17) is 16.3 Å². The van der Waals surface area contributed by atoms with Crippen molar-refractivity contribution in [2.45, 2.75) is 18.7 Å². The van der Waals surface area contributed by atoms with Gasteiger partial charge in [-0.15, -0.1) is 11.6 Å². The lowest BCUT2D eigenvalue weighted by Gasteiger charge is -2.09. The number of ketones is 1. The van der Waals surface area contributed by atoms with Gasteiger partial charge in [0.05, 0.1) is 12.2 Å². The molecule has 0 saturated carbocycles. The minimum absolute atomic E-state index is 0.143. The molecule has 0 fully saturated rings. The van der Waals surface area contributed by atoms with Crippen LogP contribution in [0.5, 0.6) is 0 Å². The van der Waals surface area contributed by atoms with Gasteiger partial charge in [-0.2, -0.15) is 0 Å². The van der Waals surface area contributed by atoms with E-state index in [2.05, 4.69) is 15.9 Å². The van der Waals surface area contributed by atoms with E-state index >= 15 is 0 Å². The predicted octanol–water partition coefficient (Wildman–Crippen LogP) is 3.57. The Balaban J connectivity index is 3.15. The molecule has 98 valence electrons. The zero-order chi connectivity index (χ0) is 13.5. The lowest BCUT2D eigenvalue weighted by atomic mass is 9.99. The number of benzene rings is 1. The molecule has 0 aliphatic carbocycles. The fourth-order valence-corrected chi connectivity index (χ4v) is 2.03. The minimum Gasteiger partial charge on any atom is -0.462 e. The quantitative estimate of drug-likeness (QED) is 0.454. The number of carbonyl (C=O) groups excluding carboxylic acids is 2. The van der Waals surface area contributed by atoms with Crippen LogP contribution in [0.2, 0.25) is 0 Å². The average Bonchev–Trinajstić information content (AvgIpc) is 2.38. The van der Waals surface area contributed by atoms with Gasteiger partial charge < -0.3 is 4.74 Å². The molecule has 0 radical (unpaired) electrons. The van der Waals surface area contributed by atoms with Crippen molar-refractivity contribution in [3.8, 4) is 0 Å². The van der Waals surface area contributed by atoms with Crippen LogP contribution in [0.15, 0.2) is 18.2 Å². The third-order valence-electron chi connectivity index (χ3n) is 2.36. The number of Topliss-reactive ketones (excluding diaryl/α,β-unsaturated/α-hetero) is 1. The molecule has 3 nitrogen and oxygen atoms in total. The van der Waals surface area contributed by atoms with Crippen molar-refractivity contribution < 1.29 is 14.3 Å². The van der Waals surface area contributed by atoms with Crippen LogP contribution in [-0.4, -0.2) is 24.2 Å². The molecule has 5 heteroatoms. The number of esters is 1. The average molecular weight is 334 g/mol. The van der Waals surface area contributed by atoms with E-state index in [1.165, 1.54) is 0 Å². The highest BCUT2D eigenvalue weighted by Gasteiger charge is 2.18. The highest BCUT2D eigenvalue weighted by Crippen LogP contribution is 2.17. The largest absolute Gasteiger partial charge is 0.462 e. The van der Waals surface area contributed by atoms with Crippen LogP contribution in [0.1, 0.15) is 39.6 Å². The summed E-state index contributed by atoms with van der Waals surface area (Å²) in [5.74, 6) is -0.382. The molecular formula is C13H14BrClO3. The summed E-state index contributed by atoms with van der Waals surface area (Å²) in [5.41, 5.74) is 1.61. The van der Waals surface area contributed by atoms with Crippen LogP contribution in [0.3, 0.4) is 0 Å². The minimum atomic E-state index is -0.475. The van der Waals surface area contributed by atoms with Crippen LogP contribution < -0.4 is 0 Å². The predicted molar refractivity (Wildman–Crippen MR) is 74.7 cm³/mol. The smallest absolute Gasteiger partial charge is 0.338 e. The van der Waals surface area contributed by atoms with Gasteiger partial charge in [0.15, 0.2) is 5.78 Å². The molecule has 0 amide bonds. The first kappa shape index (κ1) is 15.2. The standard InChI is InChI=1S/C13H14BrClO3/c1-2-18-13(17)10-4-3-9(8-14)7-11(10)12(16)5-6-15/h3-4,7H,2,5-6,8H2,1H3. The topological polar surface area (TPSA) is 43.4 Å². The summed E-state index contributed by atoms with van der Waals surface area (Å²) in [6.07, 6.45) is 0.208. The second-order valence-corrected chi connectivity index (χ2v) is 4.53. The van der Waals surface area contributed by atoms with E-state index in [-0.39, 0.29) is 24.7 Å². The zero-order valence-electron chi connectivity index (χ0n) is 10.0. The van der Waals surface area contributed by atoms with Crippen LogP contribution >= 0.6 is 27.5 Å². The van der Waals surface area contributed by atoms with Crippen molar-refractivity contribution in [3.63, 3.8) is 0 Å². The van der Waals surface area contributed by atoms with Crippen molar-refractivity contribution in [2.24, 2.45) is 0 Å². The summed E-state index contributed by atoms with van der Waals surface area (Å²) in [5, 5.41) is 0.622. The summed E-state index contributed by atoms with van der Waals surface area (Å²) in [4.78, 5) is 23.7. The first-order valence-electron chi connectivity index (χ1n) is 5.59. The molecule has 18 heavy (non-hydrogen) atoms. The van der Waals surface area contributed by atoms with E-state index < -0.39 is 5.97 Å². The highest BCUT2D eigenvalue weighted by atomic mass is 79.9. The van der Waals surface area contributed by atoms with Gasteiger partial charge >= 0.3 is 5.97 Å². The van der Waals surface area contributed by atoms with Gasteiger partial charge in [0.1, 0.15) is 0 Å². The summed E-state index contributed by atoms with van der Waals surface area (Å²) in [7, 11) is 0. The Kier molecular flexibility index (Phi) is 6.36. The number of alkyl halides is 2. The summed E-state index contributed by atoms with van der Waals surface area (Å²) in [6.45, 7) is 2.01. The SMILES string of the molecule is CCOC(=O)c1ccc(CBr)cc1C(=O)CCCl. The Bertz CT molecular complexity index is 446. The van der Waals surface area contributed by atoms with E-state index in [0.29, 0.717) is 16.5 Å². The lowest BCUT2D eigenvalue weighted by molar-refractivity contribution is 0.0523. The Morgan fingerprint density at radius 3 is 2.61 bits per heavy atom. The van der Waals surface area contributed by atoms with Crippen molar-refractivity contribution in [2.75, 3.05) is 12.5 Å². The maximum Gasteiger partial charge on any atom is 0.338 e. The Labute approximate surface area is 120 Å². The van der Waals surface area contributed by atoms with Gasteiger partial charge in [0.25, 0.3) is 0 Å². The summed E-state index contributed by atoms with van der Waals surface area (Å²) >= 11 is 8.89.